The number of carbonyl (C=O) groups excluding carboxylic acids is 1. The van der Waals surface area contributed by atoms with E-state index in [1.165, 1.54) is 11.9 Å². The summed E-state index contributed by atoms with van der Waals surface area (Å²) in [7, 11) is 0. The van der Waals surface area contributed by atoms with Gasteiger partial charge in [-0.15, -0.1) is 0 Å². The van der Waals surface area contributed by atoms with Crippen LogP contribution in [-0.4, -0.2) is 22.4 Å². The van der Waals surface area contributed by atoms with Gasteiger partial charge in [0.15, 0.2) is 0 Å². The van der Waals surface area contributed by atoms with Crippen molar-refractivity contribution in [1.82, 2.24) is 9.97 Å². The summed E-state index contributed by atoms with van der Waals surface area (Å²) in [6, 6.07) is 16.6. The fourth-order valence-electron chi connectivity index (χ4n) is 2.33. The molecule has 7 heteroatoms. The molecule has 2 N–H and O–H groups in total. The molecule has 1 aromatic heterocycles. The second-order valence-electron chi connectivity index (χ2n) is 5.53. The molecule has 0 fully saturated rings. The highest BCUT2D eigenvalue weighted by Gasteiger charge is 2.10. The molecule has 2 aromatic carbocycles. The van der Waals surface area contributed by atoms with Crippen LogP contribution >= 0.6 is 23.2 Å². The highest BCUT2D eigenvalue weighted by atomic mass is 35.5. The molecule has 0 aliphatic carbocycles. The molecule has 0 saturated carbocycles. The summed E-state index contributed by atoms with van der Waals surface area (Å²) in [5, 5.41) is 6.73. The maximum Gasteiger partial charge on any atom is 0.274 e. The van der Waals surface area contributed by atoms with Crippen LogP contribution in [0.5, 0.6) is 0 Å². The molecule has 0 saturated heterocycles. The van der Waals surface area contributed by atoms with E-state index in [1.807, 2.05) is 18.2 Å². The topological polar surface area (TPSA) is 66.9 Å². The van der Waals surface area contributed by atoms with Crippen LogP contribution in [0, 0.1) is 0 Å². The Labute approximate surface area is 161 Å². The monoisotopic (exact) mass is 386 g/mol. The van der Waals surface area contributed by atoms with E-state index in [0.717, 1.165) is 6.42 Å². The van der Waals surface area contributed by atoms with Crippen molar-refractivity contribution in [2.24, 2.45) is 0 Å². The smallest absolute Gasteiger partial charge is 0.274 e. The van der Waals surface area contributed by atoms with E-state index in [0.29, 0.717) is 28.1 Å². The molecule has 3 aromatic rings. The summed E-state index contributed by atoms with van der Waals surface area (Å²) in [5.74, 6) is 0.243. The number of hydrogen-bond acceptors (Lipinski definition) is 4. The zero-order valence-corrected chi connectivity index (χ0v) is 15.3. The number of benzene rings is 2. The fraction of sp³-hybridized carbons (Fsp3) is 0.105. The lowest BCUT2D eigenvalue weighted by Gasteiger charge is -2.08. The second kappa shape index (κ2) is 8.65. The van der Waals surface area contributed by atoms with Crippen molar-refractivity contribution >= 4 is 40.6 Å². The van der Waals surface area contributed by atoms with Crippen molar-refractivity contribution in [3.8, 4) is 0 Å². The highest BCUT2D eigenvalue weighted by Crippen LogP contribution is 2.25. The Morgan fingerprint density at radius 2 is 1.77 bits per heavy atom. The number of carbonyl (C=O) groups is 1. The van der Waals surface area contributed by atoms with Gasteiger partial charge in [-0.05, 0) is 30.2 Å². The van der Waals surface area contributed by atoms with Gasteiger partial charge in [0.1, 0.15) is 17.8 Å². The molecule has 0 unspecified atom stereocenters. The molecular weight excluding hydrogens is 371 g/mol. The summed E-state index contributed by atoms with van der Waals surface area (Å²) >= 11 is 11.8. The minimum atomic E-state index is -0.350. The van der Waals surface area contributed by atoms with Gasteiger partial charge in [-0.3, -0.25) is 4.79 Å². The Morgan fingerprint density at radius 1 is 0.962 bits per heavy atom. The zero-order valence-electron chi connectivity index (χ0n) is 13.7. The molecule has 0 aliphatic heterocycles. The Hall–Kier alpha value is -2.63. The van der Waals surface area contributed by atoms with Crippen LogP contribution in [0.1, 0.15) is 16.1 Å². The standard InChI is InChI=1S/C19H16Cl2N4O/c20-15-7-6-14(10-16(15)21)25-19(26)17-11-18(24-12-23-17)22-9-8-13-4-2-1-3-5-13/h1-7,10-12H,8-9H2,(H,25,26)(H,22,23,24). The molecule has 1 amide bonds. The number of hydrogen-bond donors (Lipinski definition) is 2. The first kappa shape index (κ1) is 18.2. The zero-order chi connectivity index (χ0) is 18.4. The quantitative estimate of drug-likeness (QED) is 0.644. The Kier molecular flexibility index (Phi) is 6.04. The number of nitrogens with one attached hydrogen (secondary N) is 2. The average molecular weight is 387 g/mol. The third-order valence-corrected chi connectivity index (χ3v) is 4.38. The van der Waals surface area contributed by atoms with Crippen LogP contribution in [0.15, 0.2) is 60.9 Å². The highest BCUT2D eigenvalue weighted by molar-refractivity contribution is 6.42. The molecule has 0 spiro atoms. The van der Waals surface area contributed by atoms with Gasteiger partial charge in [-0.2, -0.15) is 0 Å². The van der Waals surface area contributed by atoms with Crippen molar-refractivity contribution < 1.29 is 4.79 Å². The fourth-order valence-corrected chi connectivity index (χ4v) is 2.62. The van der Waals surface area contributed by atoms with E-state index in [9.17, 15) is 4.79 Å². The normalized spacial score (nSPS) is 10.4. The van der Waals surface area contributed by atoms with Crippen LogP contribution in [0.3, 0.4) is 0 Å². The van der Waals surface area contributed by atoms with E-state index in [2.05, 4.69) is 32.7 Å². The summed E-state index contributed by atoms with van der Waals surface area (Å²) < 4.78 is 0. The van der Waals surface area contributed by atoms with Crippen molar-refractivity contribution in [2.45, 2.75) is 6.42 Å². The van der Waals surface area contributed by atoms with Gasteiger partial charge in [-0.1, -0.05) is 53.5 Å². The van der Waals surface area contributed by atoms with Gasteiger partial charge in [0.2, 0.25) is 0 Å². The third kappa shape index (κ3) is 4.94. The van der Waals surface area contributed by atoms with Crippen LogP contribution in [0.2, 0.25) is 10.0 Å². The van der Waals surface area contributed by atoms with Gasteiger partial charge >= 0.3 is 0 Å². The summed E-state index contributed by atoms with van der Waals surface area (Å²) in [6.45, 7) is 0.703. The van der Waals surface area contributed by atoms with Crippen molar-refractivity contribution in [1.29, 1.82) is 0 Å². The first-order valence-electron chi connectivity index (χ1n) is 7.98. The number of rotatable bonds is 6. The Morgan fingerprint density at radius 3 is 2.54 bits per heavy atom. The number of aromatic nitrogens is 2. The van der Waals surface area contributed by atoms with E-state index in [4.69, 9.17) is 23.2 Å². The van der Waals surface area contributed by atoms with Gasteiger partial charge in [0.25, 0.3) is 5.91 Å². The summed E-state index contributed by atoms with van der Waals surface area (Å²) in [4.78, 5) is 20.5. The SMILES string of the molecule is O=C(Nc1ccc(Cl)c(Cl)c1)c1cc(NCCc2ccccc2)ncn1. The van der Waals surface area contributed by atoms with E-state index < -0.39 is 0 Å². The van der Waals surface area contributed by atoms with Crippen molar-refractivity contribution in [3.63, 3.8) is 0 Å². The lowest BCUT2D eigenvalue weighted by Crippen LogP contribution is -2.15. The van der Waals surface area contributed by atoms with E-state index in [1.54, 1.807) is 24.3 Å². The molecule has 0 atom stereocenters. The van der Waals surface area contributed by atoms with Gasteiger partial charge in [0.05, 0.1) is 10.0 Å². The molecule has 26 heavy (non-hydrogen) atoms. The number of anilines is 2. The summed E-state index contributed by atoms with van der Waals surface area (Å²) in [6.07, 6.45) is 2.21. The Bertz CT molecular complexity index is 903. The summed E-state index contributed by atoms with van der Waals surface area (Å²) in [5.41, 5.74) is 2.03. The van der Waals surface area contributed by atoms with Gasteiger partial charge in [-0.25, -0.2) is 9.97 Å². The molecular formula is C19H16Cl2N4O. The molecule has 0 bridgehead atoms. The average Bonchev–Trinajstić information content (AvgIpc) is 2.66. The maximum atomic E-state index is 12.4. The van der Waals surface area contributed by atoms with Crippen LogP contribution in [0.4, 0.5) is 11.5 Å². The van der Waals surface area contributed by atoms with E-state index in [-0.39, 0.29) is 11.6 Å². The number of halogens is 2. The van der Waals surface area contributed by atoms with Crippen LogP contribution < -0.4 is 10.6 Å². The first-order chi connectivity index (χ1) is 12.6. The predicted octanol–water partition coefficient (Wildman–Crippen LogP) is 4.69. The molecule has 1 heterocycles. The molecule has 0 aliphatic rings. The molecule has 3 rings (SSSR count). The minimum Gasteiger partial charge on any atom is -0.370 e. The minimum absolute atomic E-state index is 0.258. The van der Waals surface area contributed by atoms with Crippen molar-refractivity contribution in [2.75, 3.05) is 17.2 Å². The third-order valence-electron chi connectivity index (χ3n) is 3.64. The lowest BCUT2D eigenvalue weighted by molar-refractivity contribution is 0.102. The van der Waals surface area contributed by atoms with E-state index >= 15 is 0 Å². The molecule has 5 nitrogen and oxygen atoms in total. The lowest BCUT2D eigenvalue weighted by atomic mass is 10.1. The second-order valence-corrected chi connectivity index (χ2v) is 6.35. The molecule has 132 valence electrons. The van der Waals surface area contributed by atoms with Gasteiger partial charge < -0.3 is 10.6 Å². The predicted molar refractivity (Wildman–Crippen MR) is 105 cm³/mol. The largest absolute Gasteiger partial charge is 0.370 e. The number of nitrogens with zero attached hydrogens (tertiary/aromatic N) is 2. The maximum absolute atomic E-state index is 12.4. The van der Waals surface area contributed by atoms with Crippen molar-refractivity contribution in [3.05, 3.63) is 82.2 Å². The van der Waals surface area contributed by atoms with Crippen LogP contribution in [-0.2, 0) is 6.42 Å². The molecule has 0 radical (unpaired) electrons. The van der Waals surface area contributed by atoms with Crippen LogP contribution in [0.25, 0.3) is 0 Å². The van der Waals surface area contributed by atoms with Gasteiger partial charge in [0, 0.05) is 18.3 Å². The first-order valence-corrected chi connectivity index (χ1v) is 8.73. The number of amides is 1. The Balaban J connectivity index is 1.60.